The Labute approximate surface area is 297 Å². The topological polar surface area (TPSA) is 3.24 Å². The molecule has 0 atom stereocenters. The number of para-hydroxylation sites is 1. The Morgan fingerprint density at radius 2 is 0.745 bits per heavy atom. The summed E-state index contributed by atoms with van der Waals surface area (Å²) in [6.07, 6.45) is 0. The smallest absolute Gasteiger partial charge is 0.0468 e. The van der Waals surface area contributed by atoms with Gasteiger partial charge in [0.1, 0.15) is 0 Å². The standard InChI is InChI=1S/C50H33N/c1-2-15-39(16-3-1)51(41-29-31-48-46-20-9-8-18-44(46)45-19-10-11-21-47(45)49(48)33-41)40-27-24-36(25-28-40)50-42-17-7-6-13-35(42)26-30-43(50)38-23-22-34-12-4-5-14-37(34)32-38/h1-33H. The number of hydrogen-bond acceptors (Lipinski definition) is 1. The Hall–Kier alpha value is -6.70. The molecule has 0 aliphatic carbocycles. The molecule has 238 valence electrons. The number of fused-ring (bicyclic) bond motifs is 8. The normalized spacial score (nSPS) is 11.5. The molecule has 1 heteroatoms. The van der Waals surface area contributed by atoms with Crippen LogP contribution in [0.1, 0.15) is 0 Å². The Morgan fingerprint density at radius 1 is 0.255 bits per heavy atom. The lowest BCUT2D eigenvalue weighted by Gasteiger charge is -2.26. The van der Waals surface area contributed by atoms with E-state index in [0.717, 1.165) is 17.1 Å². The lowest BCUT2D eigenvalue weighted by Crippen LogP contribution is -2.09. The van der Waals surface area contributed by atoms with Crippen LogP contribution in [-0.2, 0) is 0 Å². The number of rotatable bonds is 5. The molecule has 0 radical (unpaired) electrons. The molecule has 0 aliphatic heterocycles. The quantitative estimate of drug-likeness (QED) is 0.168. The molecule has 10 rings (SSSR count). The molecule has 0 aliphatic rings. The van der Waals surface area contributed by atoms with Gasteiger partial charge in [-0.05, 0) is 119 Å². The van der Waals surface area contributed by atoms with E-state index in [9.17, 15) is 0 Å². The predicted molar refractivity (Wildman–Crippen MR) is 220 cm³/mol. The van der Waals surface area contributed by atoms with Crippen LogP contribution < -0.4 is 4.90 Å². The first-order valence-electron chi connectivity index (χ1n) is 17.6. The average molecular weight is 648 g/mol. The van der Waals surface area contributed by atoms with Crippen molar-refractivity contribution in [3.05, 3.63) is 200 Å². The molecule has 10 aromatic carbocycles. The number of nitrogens with zero attached hydrogens (tertiary/aromatic N) is 1. The second-order valence-corrected chi connectivity index (χ2v) is 13.3. The SMILES string of the molecule is c1ccc(N(c2ccc(-c3c(-c4ccc5ccccc5c4)ccc4ccccc34)cc2)c2ccc3c4ccccc4c4ccccc4c3c2)cc1. The predicted octanol–water partition coefficient (Wildman–Crippen LogP) is 14.3. The van der Waals surface area contributed by atoms with E-state index in [-0.39, 0.29) is 0 Å². The van der Waals surface area contributed by atoms with E-state index in [2.05, 4.69) is 205 Å². The molecule has 0 bridgehead atoms. The third-order valence-electron chi connectivity index (χ3n) is 10.4. The molecule has 0 spiro atoms. The summed E-state index contributed by atoms with van der Waals surface area (Å²) in [5.41, 5.74) is 8.27. The van der Waals surface area contributed by atoms with Gasteiger partial charge in [-0.25, -0.2) is 0 Å². The van der Waals surface area contributed by atoms with Gasteiger partial charge in [-0.15, -0.1) is 0 Å². The highest BCUT2D eigenvalue weighted by Crippen LogP contribution is 2.43. The molecule has 0 unspecified atom stereocenters. The summed E-state index contributed by atoms with van der Waals surface area (Å²) in [4.78, 5) is 2.38. The third kappa shape index (κ3) is 4.94. The lowest BCUT2D eigenvalue weighted by molar-refractivity contribution is 1.29. The van der Waals surface area contributed by atoms with Gasteiger partial charge in [-0.2, -0.15) is 0 Å². The molecule has 0 heterocycles. The zero-order valence-electron chi connectivity index (χ0n) is 28.0. The van der Waals surface area contributed by atoms with Crippen LogP contribution in [0.15, 0.2) is 200 Å². The highest BCUT2D eigenvalue weighted by Gasteiger charge is 2.17. The maximum absolute atomic E-state index is 2.38. The van der Waals surface area contributed by atoms with Gasteiger partial charge in [0.05, 0.1) is 0 Å². The Bertz CT molecular complexity index is 2870. The largest absolute Gasteiger partial charge is 0.310 e. The van der Waals surface area contributed by atoms with E-state index in [1.807, 2.05) is 0 Å². The molecule has 0 saturated heterocycles. The second kappa shape index (κ2) is 12.0. The van der Waals surface area contributed by atoms with Crippen LogP contribution in [0.25, 0.3) is 76.1 Å². The molecule has 10 aromatic rings. The Morgan fingerprint density at radius 3 is 1.45 bits per heavy atom. The van der Waals surface area contributed by atoms with Crippen molar-refractivity contribution < 1.29 is 0 Å². The third-order valence-corrected chi connectivity index (χ3v) is 10.4. The minimum atomic E-state index is 1.11. The van der Waals surface area contributed by atoms with Crippen LogP contribution in [-0.4, -0.2) is 0 Å². The van der Waals surface area contributed by atoms with Crippen LogP contribution in [0, 0.1) is 0 Å². The van der Waals surface area contributed by atoms with Crippen LogP contribution in [0.3, 0.4) is 0 Å². The maximum Gasteiger partial charge on any atom is 0.0468 e. The van der Waals surface area contributed by atoms with E-state index < -0.39 is 0 Å². The molecular weight excluding hydrogens is 615 g/mol. The van der Waals surface area contributed by atoms with Gasteiger partial charge in [-0.3, -0.25) is 0 Å². The second-order valence-electron chi connectivity index (χ2n) is 13.3. The molecule has 0 amide bonds. The van der Waals surface area contributed by atoms with Crippen LogP contribution in [0.4, 0.5) is 17.1 Å². The van der Waals surface area contributed by atoms with Gasteiger partial charge >= 0.3 is 0 Å². The average Bonchev–Trinajstić information content (AvgIpc) is 3.21. The minimum absolute atomic E-state index is 1.11. The first-order chi connectivity index (χ1) is 25.3. The number of hydrogen-bond donors (Lipinski definition) is 0. The summed E-state index contributed by atoms with van der Waals surface area (Å²) in [6.45, 7) is 0. The molecule has 51 heavy (non-hydrogen) atoms. The van der Waals surface area contributed by atoms with Crippen molar-refractivity contribution >= 4 is 70.9 Å². The van der Waals surface area contributed by atoms with E-state index in [0.29, 0.717) is 0 Å². The molecule has 0 aromatic heterocycles. The van der Waals surface area contributed by atoms with Gasteiger partial charge in [0.15, 0.2) is 0 Å². The summed E-state index contributed by atoms with van der Waals surface area (Å²) < 4.78 is 0. The summed E-state index contributed by atoms with van der Waals surface area (Å²) in [5.74, 6) is 0. The Balaban J connectivity index is 1.14. The highest BCUT2D eigenvalue weighted by atomic mass is 15.1. The number of benzene rings is 10. The van der Waals surface area contributed by atoms with E-state index in [1.165, 1.54) is 76.1 Å². The fourth-order valence-corrected chi connectivity index (χ4v) is 8.02. The van der Waals surface area contributed by atoms with Crippen molar-refractivity contribution in [1.82, 2.24) is 0 Å². The fourth-order valence-electron chi connectivity index (χ4n) is 8.02. The minimum Gasteiger partial charge on any atom is -0.310 e. The monoisotopic (exact) mass is 647 g/mol. The van der Waals surface area contributed by atoms with Crippen molar-refractivity contribution in [2.75, 3.05) is 4.90 Å². The highest BCUT2D eigenvalue weighted by molar-refractivity contribution is 6.25. The summed E-state index contributed by atoms with van der Waals surface area (Å²) in [6, 6.07) is 73.0. The molecule has 0 fully saturated rings. The van der Waals surface area contributed by atoms with Gasteiger partial charge in [0.25, 0.3) is 0 Å². The van der Waals surface area contributed by atoms with Gasteiger partial charge in [0.2, 0.25) is 0 Å². The fraction of sp³-hybridized carbons (Fsp3) is 0. The number of anilines is 3. The van der Waals surface area contributed by atoms with Gasteiger partial charge in [-0.1, -0.05) is 158 Å². The summed E-state index contributed by atoms with van der Waals surface area (Å²) in [5, 5.41) is 12.7. The van der Waals surface area contributed by atoms with Crippen molar-refractivity contribution in [1.29, 1.82) is 0 Å². The Kier molecular flexibility index (Phi) is 6.89. The van der Waals surface area contributed by atoms with Crippen LogP contribution in [0.2, 0.25) is 0 Å². The zero-order chi connectivity index (χ0) is 33.7. The first kappa shape index (κ1) is 29.2. The molecular formula is C50H33N. The van der Waals surface area contributed by atoms with E-state index in [1.54, 1.807) is 0 Å². The lowest BCUT2D eigenvalue weighted by atomic mass is 9.89. The first-order valence-corrected chi connectivity index (χ1v) is 17.6. The summed E-state index contributed by atoms with van der Waals surface area (Å²) >= 11 is 0. The van der Waals surface area contributed by atoms with Gasteiger partial charge < -0.3 is 4.90 Å². The van der Waals surface area contributed by atoms with Crippen molar-refractivity contribution in [2.24, 2.45) is 0 Å². The van der Waals surface area contributed by atoms with Crippen molar-refractivity contribution in [3.63, 3.8) is 0 Å². The molecule has 0 saturated carbocycles. The van der Waals surface area contributed by atoms with E-state index >= 15 is 0 Å². The molecule has 1 nitrogen and oxygen atoms in total. The zero-order valence-corrected chi connectivity index (χ0v) is 28.0. The maximum atomic E-state index is 2.38. The van der Waals surface area contributed by atoms with E-state index in [4.69, 9.17) is 0 Å². The summed E-state index contributed by atoms with van der Waals surface area (Å²) in [7, 11) is 0. The molecule has 0 N–H and O–H groups in total. The van der Waals surface area contributed by atoms with Crippen LogP contribution >= 0.6 is 0 Å². The van der Waals surface area contributed by atoms with Gasteiger partial charge in [0, 0.05) is 17.1 Å². The van der Waals surface area contributed by atoms with Crippen molar-refractivity contribution in [2.45, 2.75) is 0 Å². The van der Waals surface area contributed by atoms with Crippen molar-refractivity contribution in [3.8, 4) is 22.3 Å². The van der Waals surface area contributed by atoms with Crippen LogP contribution in [0.5, 0.6) is 0 Å².